The molecule has 1 amide bonds. The van der Waals surface area contributed by atoms with Gasteiger partial charge >= 0.3 is 6.09 Å². The van der Waals surface area contributed by atoms with E-state index in [0.717, 1.165) is 0 Å². The van der Waals surface area contributed by atoms with E-state index in [4.69, 9.17) is 5.11 Å². The quantitative estimate of drug-likeness (QED) is 0.132. The van der Waals surface area contributed by atoms with Crippen molar-refractivity contribution >= 4 is 27.9 Å². The Bertz CT molecular complexity index is 291. The lowest BCUT2D eigenvalue weighted by atomic mass is 10.0. The second-order valence-corrected chi connectivity index (χ2v) is 9.58. The first kappa shape index (κ1) is 25.0. The van der Waals surface area contributed by atoms with Crippen LogP contribution in [0.5, 0.6) is 0 Å². The Kier molecular flexibility index (Phi) is 20.3. The lowest BCUT2D eigenvalue weighted by Crippen LogP contribution is -2.10. The van der Waals surface area contributed by atoms with E-state index in [1.807, 2.05) is 0 Å². The van der Waals surface area contributed by atoms with Gasteiger partial charge in [-0.3, -0.25) is 4.72 Å². The molecule has 150 valence electrons. The number of hydrogen-bond acceptors (Lipinski definition) is 3. The normalized spacial score (nSPS) is 12.2. The highest BCUT2D eigenvalue weighted by atomic mass is 33.1. The third-order valence-corrected chi connectivity index (χ3v) is 7.00. The van der Waals surface area contributed by atoms with Gasteiger partial charge in [0, 0.05) is 16.2 Å². The lowest BCUT2D eigenvalue weighted by molar-refractivity contribution is 0.202. The summed E-state index contributed by atoms with van der Waals surface area (Å²) in [5.41, 5.74) is 0. The fraction of sp³-hybridized carbons (Fsp3) is 0.950. The Morgan fingerprint density at radius 1 is 0.800 bits per heavy atom. The minimum absolute atomic E-state index is 0.513. The summed E-state index contributed by atoms with van der Waals surface area (Å²) < 4.78 is 2.33. The summed E-state index contributed by atoms with van der Waals surface area (Å²) in [6.07, 6.45) is 21.2. The van der Waals surface area contributed by atoms with Crippen LogP contribution in [0.4, 0.5) is 4.79 Å². The highest BCUT2D eigenvalue weighted by molar-refractivity contribution is 8.76. The summed E-state index contributed by atoms with van der Waals surface area (Å²) in [4.78, 5) is 10.3. The molecular formula is C20H41NO2S2. The molecule has 0 spiro atoms. The van der Waals surface area contributed by atoms with Crippen molar-refractivity contribution in [2.24, 2.45) is 0 Å². The second kappa shape index (κ2) is 20.3. The van der Waals surface area contributed by atoms with Crippen LogP contribution in [0.25, 0.3) is 0 Å². The molecule has 0 fully saturated rings. The molecule has 0 bridgehead atoms. The summed E-state index contributed by atoms with van der Waals surface area (Å²) in [5, 5.41) is 9.01. The van der Waals surface area contributed by atoms with Gasteiger partial charge in [-0.15, -0.1) is 0 Å². The Morgan fingerprint density at radius 2 is 1.20 bits per heavy atom. The molecule has 0 aromatic carbocycles. The molecule has 1 atom stereocenters. The number of amides is 1. The highest BCUT2D eigenvalue weighted by Gasteiger charge is 2.04. The molecule has 0 aromatic heterocycles. The number of rotatable bonds is 19. The van der Waals surface area contributed by atoms with Crippen LogP contribution in [0, 0.1) is 0 Å². The summed E-state index contributed by atoms with van der Waals surface area (Å²) >= 11 is 0. The molecule has 0 heterocycles. The molecule has 0 radical (unpaired) electrons. The van der Waals surface area contributed by atoms with Crippen molar-refractivity contribution < 1.29 is 9.90 Å². The molecular weight excluding hydrogens is 350 g/mol. The second-order valence-electron chi connectivity index (χ2n) is 7.14. The van der Waals surface area contributed by atoms with Gasteiger partial charge in [-0.2, -0.15) is 0 Å². The van der Waals surface area contributed by atoms with E-state index >= 15 is 0 Å². The van der Waals surface area contributed by atoms with Gasteiger partial charge in [-0.1, -0.05) is 121 Å². The molecule has 0 aliphatic carbocycles. The van der Waals surface area contributed by atoms with Gasteiger partial charge in [-0.25, -0.2) is 4.79 Å². The topological polar surface area (TPSA) is 49.3 Å². The van der Waals surface area contributed by atoms with Crippen LogP contribution in [0.1, 0.15) is 117 Å². The highest BCUT2D eigenvalue weighted by Crippen LogP contribution is 2.27. The van der Waals surface area contributed by atoms with Crippen LogP contribution < -0.4 is 4.72 Å². The molecule has 0 aliphatic heterocycles. The van der Waals surface area contributed by atoms with Crippen molar-refractivity contribution in [2.45, 2.75) is 122 Å². The summed E-state index contributed by atoms with van der Waals surface area (Å²) in [7, 11) is 2.84. The average molecular weight is 392 g/mol. The van der Waals surface area contributed by atoms with Crippen LogP contribution in [0.15, 0.2) is 0 Å². The van der Waals surface area contributed by atoms with Gasteiger partial charge in [0.05, 0.1) is 0 Å². The molecule has 0 saturated carbocycles. The van der Waals surface area contributed by atoms with Crippen molar-refractivity contribution in [1.82, 2.24) is 4.72 Å². The van der Waals surface area contributed by atoms with Crippen LogP contribution in [0.2, 0.25) is 0 Å². The summed E-state index contributed by atoms with van der Waals surface area (Å²) in [6, 6.07) is 0. The number of carboxylic acid groups (broad SMARTS) is 1. The minimum Gasteiger partial charge on any atom is -0.464 e. The summed E-state index contributed by atoms with van der Waals surface area (Å²) in [5.74, 6) is 0. The molecule has 25 heavy (non-hydrogen) atoms. The fourth-order valence-corrected chi connectivity index (χ4v) is 4.68. The number of carbonyl (C=O) groups is 1. The molecule has 0 rings (SSSR count). The predicted molar refractivity (Wildman–Crippen MR) is 115 cm³/mol. The number of nitrogens with one attached hydrogen (secondary N) is 1. The third-order valence-electron chi connectivity index (χ3n) is 4.56. The maximum atomic E-state index is 10.3. The van der Waals surface area contributed by atoms with Gasteiger partial charge in [0.2, 0.25) is 0 Å². The van der Waals surface area contributed by atoms with E-state index in [-0.39, 0.29) is 0 Å². The van der Waals surface area contributed by atoms with Crippen LogP contribution in [-0.4, -0.2) is 16.4 Å². The Morgan fingerprint density at radius 3 is 1.60 bits per heavy atom. The lowest BCUT2D eigenvalue weighted by Gasteiger charge is -2.09. The van der Waals surface area contributed by atoms with Crippen molar-refractivity contribution in [3.8, 4) is 0 Å². The average Bonchev–Trinajstić information content (AvgIpc) is 2.58. The van der Waals surface area contributed by atoms with E-state index < -0.39 is 6.09 Å². The molecule has 0 saturated heterocycles. The first-order valence-corrected chi connectivity index (χ1v) is 12.7. The van der Waals surface area contributed by atoms with Crippen LogP contribution in [0.3, 0.4) is 0 Å². The standard InChI is InChI=1S/C20H41NO2S2/c1-3-4-5-6-7-8-9-10-11-12-13-14-15-16-17-18-19(2)24-25-21-20(22)23/h19,21H,3-18H2,1-2H3,(H,22,23). The fourth-order valence-electron chi connectivity index (χ4n) is 2.99. The first-order chi connectivity index (χ1) is 12.2. The minimum atomic E-state index is -0.961. The molecule has 5 heteroatoms. The van der Waals surface area contributed by atoms with Gasteiger partial charge < -0.3 is 5.11 Å². The van der Waals surface area contributed by atoms with Crippen molar-refractivity contribution in [2.75, 3.05) is 0 Å². The van der Waals surface area contributed by atoms with Gasteiger partial charge in [-0.05, 0) is 6.42 Å². The van der Waals surface area contributed by atoms with Gasteiger partial charge in [0.25, 0.3) is 0 Å². The van der Waals surface area contributed by atoms with Crippen LogP contribution >= 0.6 is 21.8 Å². The van der Waals surface area contributed by atoms with E-state index in [0.29, 0.717) is 5.25 Å². The molecule has 0 aliphatic rings. The van der Waals surface area contributed by atoms with Crippen LogP contribution in [-0.2, 0) is 0 Å². The molecule has 3 nitrogen and oxygen atoms in total. The largest absolute Gasteiger partial charge is 0.464 e. The Balaban J connectivity index is 3.10. The molecule has 1 unspecified atom stereocenters. The summed E-state index contributed by atoms with van der Waals surface area (Å²) in [6.45, 7) is 4.45. The van der Waals surface area contributed by atoms with E-state index in [9.17, 15) is 4.79 Å². The van der Waals surface area contributed by atoms with Gasteiger partial charge in [0.15, 0.2) is 0 Å². The Labute approximate surface area is 164 Å². The molecule has 0 aromatic rings. The van der Waals surface area contributed by atoms with Gasteiger partial charge in [0.1, 0.15) is 0 Å². The predicted octanol–water partition coefficient (Wildman–Crippen LogP) is 8.20. The zero-order valence-corrected chi connectivity index (χ0v) is 18.2. The van der Waals surface area contributed by atoms with E-state index in [1.165, 1.54) is 114 Å². The third kappa shape index (κ3) is 21.9. The Hall–Kier alpha value is -0.0300. The van der Waals surface area contributed by atoms with Crippen molar-refractivity contribution in [1.29, 1.82) is 0 Å². The maximum absolute atomic E-state index is 10.3. The zero-order valence-electron chi connectivity index (χ0n) is 16.6. The first-order valence-electron chi connectivity index (χ1n) is 10.5. The van der Waals surface area contributed by atoms with Crippen molar-refractivity contribution in [3.63, 3.8) is 0 Å². The number of unbranched alkanes of at least 4 members (excludes halogenated alkanes) is 14. The van der Waals surface area contributed by atoms with E-state index in [2.05, 4.69) is 18.6 Å². The number of hydrogen-bond donors (Lipinski definition) is 2. The monoisotopic (exact) mass is 391 g/mol. The SMILES string of the molecule is CCCCCCCCCCCCCCCCCC(C)SSNC(=O)O. The molecule has 2 N–H and O–H groups in total. The van der Waals surface area contributed by atoms with Crippen molar-refractivity contribution in [3.05, 3.63) is 0 Å². The smallest absolute Gasteiger partial charge is 0.415 e. The zero-order chi connectivity index (χ0) is 18.6. The van der Waals surface area contributed by atoms with E-state index in [1.54, 1.807) is 10.8 Å². The maximum Gasteiger partial charge on any atom is 0.415 e.